The third kappa shape index (κ3) is 9.12. The Bertz CT molecular complexity index is 1300. The van der Waals surface area contributed by atoms with E-state index in [4.69, 9.17) is 4.74 Å². The number of unbranched alkanes of at least 4 members (excludes halogenated alkanes) is 1. The Hall–Kier alpha value is -3.80. The lowest BCUT2D eigenvalue weighted by molar-refractivity contribution is -0.136. The first kappa shape index (κ1) is 35.7. The Kier molecular flexibility index (Phi) is 12.3. The monoisotopic (exact) mass is 627 g/mol. The van der Waals surface area contributed by atoms with Gasteiger partial charge in [0.1, 0.15) is 11.8 Å². The molecule has 3 atom stereocenters. The highest BCUT2D eigenvalue weighted by Crippen LogP contribution is 2.33. The predicted octanol–water partition coefficient (Wildman–Crippen LogP) is 2.98. The number of amides is 6. The molecule has 4 N–H and O–H groups in total. The van der Waals surface area contributed by atoms with Gasteiger partial charge in [0.2, 0.25) is 17.7 Å². The van der Waals surface area contributed by atoms with Gasteiger partial charge in [0.25, 0.3) is 17.7 Å². The molecule has 2 aliphatic rings. The average molecular weight is 628 g/mol. The van der Waals surface area contributed by atoms with Crippen LogP contribution in [0.3, 0.4) is 0 Å². The van der Waals surface area contributed by atoms with E-state index in [1.807, 2.05) is 20.8 Å². The molecule has 6 amide bonds. The van der Waals surface area contributed by atoms with Crippen molar-refractivity contribution in [2.45, 2.75) is 122 Å². The molecule has 0 spiro atoms. The van der Waals surface area contributed by atoms with Crippen molar-refractivity contribution < 1.29 is 33.5 Å². The maximum Gasteiger partial charge on any atom is 0.266 e. The molecule has 3 rings (SSSR count). The summed E-state index contributed by atoms with van der Waals surface area (Å²) in [5.41, 5.74) is -0.389. The molecule has 0 aliphatic carbocycles. The molecule has 1 fully saturated rings. The van der Waals surface area contributed by atoms with Crippen molar-refractivity contribution in [1.29, 1.82) is 0 Å². The van der Waals surface area contributed by atoms with Crippen LogP contribution in [0.2, 0.25) is 0 Å². The molecule has 2 unspecified atom stereocenters. The van der Waals surface area contributed by atoms with Gasteiger partial charge in [0, 0.05) is 24.0 Å². The molecule has 1 aromatic rings. The summed E-state index contributed by atoms with van der Waals surface area (Å²) in [5.74, 6) is -2.85. The summed E-state index contributed by atoms with van der Waals surface area (Å²) in [6.07, 6.45) is 5.73. The van der Waals surface area contributed by atoms with Crippen LogP contribution in [0.5, 0.6) is 5.75 Å². The zero-order valence-corrected chi connectivity index (χ0v) is 27.5. The number of carbonyl (C=O) groups excluding carboxylic acids is 6. The van der Waals surface area contributed by atoms with E-state index in [1.165, 1.54) is 18.2 Å². The van der Waals surface area contributed by atoms with Crippen LogP contribution in [0, 0.1) is 0 Å². The SMILES string of the molecule is CCCC(C)(CC)N[C@@H](CCCCNC(=O)COc1cccc2c1C(=O)N(C1CCC(=O)NC1=O)C2=O)C(=O)NC(C)(C)CC. The number of nitrogens with zero attached hydrogens (tertiary/aromatic N) is 1. The maximum atomic E-state index is 13.2. The molecular weight excluding hydrogens is 578 g/mol. The lowest BCUT2D eigenvalue weighted by atomic mass is 9.90. The van der Waals surface area contributed by atoms with E-state index >= 15 is 0 Å². The number of hydrogen-bond acceptors (Lipinski definition) is 8. The van der Waals surface area contributed by atoms with E-state index in [-0.39, 0.29) is 59.4 Å². The Morgan fingerprint density at radius 1 is 1.04 bits per heavy atom. The molecule has 248 valence electrons. The van der Waals surface area contributed by atoms with E-state index < -0.39 is 35.6 Å². The zero-order chi connectivity index (χ0) is 33.4. The highest BCUT2D eigenvalue weighted by Gasteiger charge is 2.46. The van der Waals surface area contributed by atoms with Crippen LogP contribution < -0.4 is 26.0 Å². The predicted molar refractivity (Wildman–Crippen MR) is 169 cm³/mol. The van der Waals surface area contributed by atoms with Gasteiger partial charge in [-0.3, -0.25) is 39.0 Å². The molecule has 0 aromatic heterocycles. The van der Waals surface area contributed by atoms with Crippen LogP contribution in [0.25, 0.3) is 0 Å². The van der Waals surface area contributed by atoms with Crippen molar-refractivity contribution in [2.24, 2.45) is 0 Å². The maximum absolute atomic E-state index is 13.2. The number of ether oxygens (including phenoxy) is 1. The quantitative estimate of drug-likeness (QED) is 0.151. The van der Waals surface area contributed by atoms with Crippen LogP contribution in [-0.4, -0.2) is 76.7 Å². The molecule has 0 bridgehead atoms. The van der Waals surface area contributed by atoms with Crippen LogP contribution in [0.4, 0.5) is 0 Å². The largest absolute Gasteiger partial charge is 0.483 e. The molecule has 12 heteroatoms. The topological polar surface area (TPSA) is 163 Å². The second kappa shape index (κ2) is 15.5. The highest BCUT2D eigenvalue weighted by molar-refractivity contribution is 6.24. The number of benzene rings is 1. The number of nitrogens with one attached hydrogen (secondary N) is 4. The van der Waals surface area contributed by atoms with Crippen LogP contribution in [0.15, 0.2) is 18.2 Å². The van der Waals surface area contributed by atoms with Crippen LogP contribution in [0.1, 0.15) is 120 Å². The molecule has 45 heavy (non-hydrogen) atoms. The van der Waals surface area contributed by atoms with Crippen molar-refractivity contribution in [2.75, 3.05) is 13.2 Å². The minimum atomic E-state index is -1.09. The second-order valence-electron chi connectivity index (χ2n) is 12.8. The Morgan fingerprint density at radius 3 is 2.42 bits per heavy atom. The number of imide groups is 2. The number of piperidine rings is 1. The second-order valence-corrected chi connectivity index (χ2v) is 12.8. The third-order valence-electron chi connectivity index (χ3n) is 8.80. The molecule has 0 radical (unpaired) electrons. The standard InChI is InChI=1S/C33H49N5O7/c1-7-18-33(6,9-3)36-22(28(41)37-32(4,5)8-2)14-10-11-19-34-26(40)20-45-24-15-12-13-21-27(24)31(44)38(30(21)43)23-16-17-25(39)35-29(23)42/h12-13,15,22-23,36H,7-11,14,16-20H2,1-6H3,(H,34,40)(H,37,41)(H,35,39,42)/t22-,23?,33?/m0/s1. The first-order valence-electron chi connectivity index (χ1n) is 16.1. The Labute approximate surface area is 265 Å². The summed E-state index contributed by atoms with van der Waals surface area (Å²) >= 11 is 0. The van der Waals surface area contributed by atoms with Crippen LogP contribution in [-0.2, 0) is 19.2 Å². The summed E-state index contributed by atoms with van der Waals surface area (Å²) in [6, 6.07) is 3.05. The number of hydrogen-bond donors (Lipinski definition) is 4. The molecule has 2 aliphatic heterocycles. The molecule has 12 nitrogen and oxygen atoms in total. The van der Waals surface area contributed by atoms with Crippen LogP contribution >= 0.6 is 0 Å². The van der Waals surface area contributed by atoms with Gasteiger partial charge in [-0.1, -0.05) is 33.3 Å². The fourth-order valence-electron chi connectivity index (χ4n) is 5.60. The first-order chi connectivity index (χ1) is 21.3. The minimum Gasteiger partial charge on any atom is -0.483 e. The number of rotatable bonds is 17. The summed E-state index contributed by atoms with van der Waals surface area (Å²) in [5, 5.41) is 11.8. The number of fused-ring (bicyclic) bond motifs is 1. The zero-order valence-electron chi connectivity index (χ0n) is 27.5. The van der Waals surface area contributed by atoms with E-state index in [0.29, 0.717) is 25.8 Å². The average Bonchev–Trinajstić information content (AvgIpc) is 3.25. The Balaban J connectivity index is 1.52. The van der Waals surface area contributed by atoms with Gasteiger partial charge in [-0.25, -0.2) is 0 Å². The lowest BCUT2D eigenvalue weighted by Gasteiger charge is -2.36. The van der Waals surface area contributed by atoms with E-state index in [1.54, 1.807) is 0 Å². The fourth-order valence-corrected chi connectivity index (χ4v) is 5.60. The number of carbonyl (C=O) groups is 6. The molecule has 2 heterocycles. The van der Waals surface area contributed by atoms with Gasteiger partial charge in [-0.15, -0.1) is 0 Å². The Morgan fingerprint density at radius 2 is 1.78 bits per heavy atom. The van der Waals surface area contributed by atoms with Crippen molar-refractivity contribution in [1.82, 2.24) is 26.2 Å². The summed E-state index contributed by atoms with van der Waals surface area (Å²) in [4.78, 5) is 76.7. The summed E-state index contributed by atoms with van der Waals surface area (Å²) in [7, 11) is 0. The lowest BCUT2D eigenvalue weighted by Crippen LogP contribution is -2.57. The van der Waals surface area contributed by atoms with Gasteiger partial charge in [0.15, 0.2) is 6.61 Å². The first-order valence-corrected chi connectivity index (χ1v) is 16.1. The fraction of sp³-hybridized carbons (Fsp3) is 0.636. The van der Waals surface area contributed by atoms with Crippen molar-refractivity contribution >= 4 is 35.4 Å². The van der Waals surface area contributed by atoms with E-state index in [0.717, 1.165) is 30.6 Å². The van der Waals surface area contributed by atoms with E-state index in [9.17, 15) is 28.8 Å². The minimum absolute atomic E-state index is 0.00905. The van der Waals surface area contributed by atoms with Crippen molar-refractivity contribution in [3.63, 3.8) is 0 Å². The van der Waals surface area contributed by atoms with Gasteiger partial charge in [0.05, 0.1) is 17.2 Å². The molecule has 1 aromatic carbocycles. The third-order valence-corrected chi connectivity index (χ3v) is 8.80. The highest BCUT2D eigenvalue weighted by atomic mass is 16.5. The normalized spacial score (nSPS) is 18.6. The smallest absolute Gasteiger partial charge is 0.266 e. The van der Waals surface area contributed by atoms with Gasteiger partial charge in [-0.2, -0.15) is 0 Å². The molecule has 1 saturated heterocycles. The van der Waals surface area contributed by atoms with Gasteiger partial charge in [-0.05, 0) is 77.8 Å². The van der Waals surface area contributed by atoms with Crippen molar-refractivity contribution in [3.8, 4) is 5.75 Å². The van der Waals surface area contributed by atoms with Crippen molar-refractivity contribution in [3.05, 3.63) is 29.3 Å². The van der Waals surface area contributed by atoms with E-state index in [2.05, 4.69) is 42.0 Å². The summed E-state index contributed by atoms with van der Waals surface area (Å²) < 4.78 is 5.65. The van der Waals surface area contributed by atoms with Gasteiger partial charge < -0.3 is 20.7 Å². The molecule has 0 saturated carbocycles. The molecular formula is C33H49N5O7. The van der Waals surface area contributed by atoms with Gasteiger partial charge >= 0.3 is 0 Å². The summed E-state index contributed by atoms with van der Waals surface area (Å²) in [6.45, 7) is 12.5.